The van der Waals surface area contributed by atoms with Gasteiger partial charge in [-0.3, -0.25) is 19.3 Å². The van der Waals surface area contributed by atoms with Gasteiger partial charge in [0, 0.05) is 13.6 Å². The van der Waals surface area contributed by atoms with Crippen LogP contribution in [0, 0.1) is 0 Å². The number of benzene rings is 1. The first kappa shape index (κ1) is 33.5. The Morgan fingerprint density at radius 1 is 0.884 bits per heavy atom. The molecule has 0 N–H and O–H groups in total. The zero-order valence-corrected chi connectivity index (χ0v) is 26.2. The third kappa shape index (κ3) is 9.75. The lowest BCUT2D eigenvalue weighted by atomic mass is 10.0. The summed E-state index contributed by atoms with van der Waals surface area (Å²) >= 11 is 0. The first-order valence-electron chi connectivity index (χ1n) is 14.2. The summed E-state index contributed by atoms with van der Waals surface area (Å²) in [6, 6.07) is 6.41. The minimum absolute atomic E-state index is 0.0273. The maximum Gasteiger partial charge on any atom is 0.509 e. The van der Waals surface area contributed by atoms with Crippen molar-refractivity contribution in [1.29, 1.82) is 0 Å². The molecule has 13 nitrogen and oxygen atoms in total. The van der Waals surface area contributed by atoms with Crippen LogP contribution in [0.2, 0.25) is 0 Å². The fourth-order valence-corrected chi connectivity index (χ4v) is 4.68. The number of piperazine rings is 1. The number of likely N-dealkylation sites (N-methyl/N-ethyl adjacent to an activating group) is 1. The van der Waals surface area contributed by atoms with Gasteiger partial charge in [-0.15, -0.1) is 0 Å². The van der Waals surface area contributed by atoms with Crippen molar-refractivity contribution in [2.45, 2.75) is 83.8 Å². The largest absolute Gasteiger partial charge is 0.509 e. The van der Waals surface area contributed by atoms with E-state index in [1.54, 1.807) is 60.8 Å². The monoisotopic (exact) mass is 605 g/mol. The molecule has 13 heteroatoms. The van der Waals surface area contributed by atoms with Crippen LogP contribution in [0.4, 0.5) is 9.59 Å². The van der Waals surface area contributed by atoms with E-state index in [4.69, 9.17) is 23.7 Å². The van der Waals surface area contributed by atoms with E-state index in [1.807, 2.05) is 12.1 Å². The summed E-state index contributed by atoms with van der Waals surface area (Å²) in [7, 11) is 3.09. The van der Waals surface area contributed by atoms with Crippen LogP contribution in [0.1, 0.15) is 53.5 Å². The number of carbonyl (C=O) groups is 5. The normalized spacial score (nSPS) is 21.0. The molecule has 3 atom stereocenters. The number of nitrogens with zero attached hydrogens (tertiary/aromatic N) is 3. The van der Waals surface area contributed by atoms with Crippen molar-refractivity contribution in [1.82, 2.24) is 14.7 Å². The number of esters is 1. The Kier molecular flexibility index (Phi) is 10.5. The highest BCUT2D eigenvalue weighted by Crippen LogP contribution is 2.30. The molecule has 2 heterocycles. The van der Waals surface area contributed by atoms with Gasteiger partial charge in [-0.05, 0) is 65.7 Å². The lowest BCUT2D eigenvalue weighted by Gasteiger charge is -2.32. The molecular weight excluding hydrogens is 562 g/mol. The number of methoxy groups -OCH3 is 1. The Morgan fingerprint density at radius 2 is 1.51 bits per heavy atom. The first-order chi connectivity index (χ1) is 20.0. The molecule has 2 saturated heterocycles. The minimum Gasteiger partial charge on any atom is -0.497 e. The second-order valence-corrected chi connectivity index (χ2v) is 12.6. The van der Waals surface area contributed by atoms with Crippen LogP contribution < -0.4 is 4.74 Å². The molecule has 43 heavy (non-hydrogen) atoms. The average Bonchev–Trinajstić information content (AvgIpc) is 3.20. The molecule has 0 bridgehead atoms. The predicted molar refractivity (Wildman–Crippen MR) is 153 cm³/mol. The van der Waals surface area contributed by atoms with E-state index in [0.717, 1.165) is 5.56 Å². The third-order valence-corrected chi connectivity index (χ3v) is 6.72. The van der Waals surface area contributed by atoms with Gasteiger partial charge in [-0.1, -0.05) is 12.1 Å². The van der Waals surface area contributed by atoms with Crippen molar-refractivity contribution in [2.75, 3.05) is 40.3 Å². The Morgan fingerprint density at radius 3 is 2.09 bits per heavy atom. The van der Waals surface area contributed by atoms with Crippen LogP contribution in [-0.4, -0.2) is 115 Å². The van der Waals surface area contributed by atoms with Crippen molar-refractivity contribution < 1.29 is 47.7 Å². The van der Waals surface area contributed by atoms with Crippen LogP contribution in [0.3, 0.4) is 0 Å². The average molecular weight is 606 g/mol. The van der Waals surface area contributed by atoms with Gasteiger partial charge < -0.3 is 33.5 Å². The summed E-state index contributed by atoms with van der Waals surface area (Å²) in [5.41, 5.74) is -0.855. The summed E-state index contributed by atoms with van der Waals surface area (Å²) in [6.45, 7) is 9.90. The SMILES string of the molecule is COc1ccc(C[C@@H]2[C@H](OC(=O)CCN3CC(=O)N(C)CC3=O)[C@@H](OC(=O)OC(C)(C)C)CN2C(=O)OC(C)(C)C)cc1. The standard InChI is InChI=1S/C30H43N3O10/c1-29(2,3)42-27(37)33-16-22(40-28(38)43-30(4,5)6)26(21(33)15-19-9-11-20(39-8)12-10-19)41-25(36)13-14-32-18-23(34)31(7)17-24(32)35/h9-12,21-22,26H,13-18H2,1-8H3/t21-,22+,26+/m1/s1. The minimum atomic E-state index is -1.08. The first-order valence-corrected chi connectivity index (χ1v) is 14.2. The van der Waals surface area contributed by atoms with Gasteiger partial charge in [0.2, 0.25) is 11.8 Å². The number of ether oxygens (including phenoxy) is 5. The van der Waals surface area contributed by atoms with Gasteiger partial charge in [-0.2, -0.15) is 0 Å². The maximum atomic E-state index is 13.4. The molecule has 0 aliphatic carbocycles. The molecule has 2 aliphatic heterocycles. The molecule has 238 valence electrons. The molecule has 2 fully saturated rings. The lowest BCUT2D eigenvalue weighted by Crippen LogP contribution is -2.52. The number of carbonyl (C=O) groups excluding carboxylic acids is 5. The van der Waals surface area contributed by atoms with Crippen molar-refractivity contribution in [3.05, 3.63) is 29.8 Å². The second kappa shape index (κ2) is 13.5. The van der Waals surface area contributed by atoms with Gasteiger partial charge in [-0.25, -0.2) is 9.59 Å². The van der Waals surface area contributed by atoms with Crippen molar-refractivity contribution in [3.63, 3.8) is 0 Å². The van der Waals surface area contributed by atoms with Crippen LogP contribution in [0.5, 0.6) is 5.75 Å². The Labute approximate surface area is 252 Å². The van der Waals surface area contributed by atoms with E-state index in [1.165, 1.54) is 21.7 Å². The molecule has 3 amide bonds. The smallest absolute Gasteiger partial charge is 0.497 e. The fraction of sp³-hybridized carbons (Fsp3) is 0.633. The van der Waals surface area contributed by atoms with Crippen LogP contribution in [0.15, 0.2) is 24.3 Å². The third-order valence-electron chi connectivity index (χ3n) is 6.72. The summed E-state index contributed by atoms with van der Waals surface area (Å²) in [4.78, 5) is 67.7. The van der Waals surface area contributed by atoms with Gasteiger partial charge >= 0.3 is 18.2 Å². The van der Waals surface area contributed by atoms with E-state index in [0.29, 0.717) is 5.75 Å². The quantitative estimate of drug-likeness (QED) is 0.321. The summed E-state index contributed by atoms with van der Waals surface area (Å²) in [6.07, 6.45) is -3.76. The zero-order valence-electron chi connectivity index (χ0n) is 26.2. The highest BCUT2D eigenvalue weighted by Gasteiger charge is 2.50. The molecular formula is C30H43N3O10. The highest BCUT2D eigenvalue weighted by atomic mass is 16.7. The van der Waals surface area contributed by atoms with E-state index >= 15 is 0 Å². The molecule has 0 spiro atoms. The van der Waals surface area contributed by atoms with Crippen LogP contribution >= 0.6 is 0 Å². The number of amides is 3. The Bertz CT molecular complexity index is 1190. The number of likely N-dealkylation sites (tertiary alicyclic amines) is 1. The van der Waals surface area contributed by atoms with E-state index < -0.39 is 47.7 Å². The molecule has 1 aromatic carbocycles. The van der Waals surface area contributed by atoms with Gasteiger partial charge in [0.25, 0.3) is 0 Å². The number of hydrogen-bond acceptors (Lipinski definition) is 10. The van der Waals surface area contributed by atoms with Crippen LogP contribution in [0.25, 0.3) is 0 Å². The topological polar surface area (TPSA) is 141 Å². The molecule has 2 aliphatic rings. The van der Waals surface area contributed by atoms with Crippen LogP contribution in [-0.2, 0) is 39.8 Å². The van der Waals surface area contributed by atoms with E-state index in [-0.39, 0.29) is 50.8 Å². The summed E-state index contributed by atoms with van der Waals surface area (Å²) in [5, 5.41) is 0. The summed E-state index contributed by atoms with van der Waals surface area (Å²) in [5.74, 6) is -0.560. The highest BCUT2D eigenvalue weighted by molar-refractivity contribution is 5.92. The molecule has 1 aromatic rings. The molecule has 0 aromatic heterocycles. The Balaban J connectivity index is 1.87. The van der Waals surface area contributed by atoms with Crippen molar-refractivity contribution in [2.24, 2.45) is 0 Å². The lowest BCUT2D eigenvalue weighted by molar-refractivity contribution is -0.158. The number of rotatable bonds is 8. The Hall–Kier alpha value is -4.03. The number of hydrogen-bond donors (Lipinski definition) is 0. The van der Waals surface area contributed by atoms with E-state index in [2.05, 4.69) is 0 Å². The fourth-order valence-electron chi connectivity index (χ4n) is 4.68. The van der Waals surface area contributed by atoms with Gasteiger partial charge in [0.15, 0.2) is 12.2 Å². The molecule has 3 rings (SSSR count). The molecule has 0 saturated carbocycles. The van der Waals surface area contributed by atoms with Gasteiger partial charge in [0.1, 0.15) is 17.0 Å². The zero-order chi connectivity index (χ0) is 32.1. The van der Waals surface area contributed by atoms with E-state index in [9.17, 15) is 24.0 Å². The predicted octanol–water partition coefficient (Wildman–Crippen LogP) is 2.78. The molecule has 0 radical (unpaired) electrons. The molecule has 0 unspecified atom stereocenters. The summed E-state index contributed by atoms with van der Waals surface area (Å²) < 4.78 is 27.7. The second-order valence-electron chi connectivity index (χ2n) is 12.6. The van der Waals surface area contributed by atoms with Crippen molar-refractivity contribution >= 4 is 30.0 Å². The van der Waals surface area contributed by atoms with Crippen molar-refractivity contribution in [3.8, 4) is 5.75 Å². The maximum absolute atomic E-state index is 13.4. The van der Waals surface area contributed by atoms with Gasteiger partial charge in [0.05, 0.1) is 39.2 Å².